The molecule has 24 heavy (non-hydrogen) atoms. The van der Waals surface area contributed by atoms with Crippen LogP contribution in [0.4, 0.5) is 0 Å². The molecular weight excluding hydrogens is 332 g/mol. The summed E-state index contributed by atoms with van der Waals surface area (Å²) in [5, 5.41) is 2.45. The van der Waals surface area contributed by atoms with Gasteiger partial charge in [-0.1, -0.05) is 11.8 Å². The Hall–Kier alpha value is -1.57. The molecule has 0 spiro atoms. The summed E-state index contributed by atoms with van der Waals surface area (Å²) < 4.78 is 5.41. The molecule has 2 atom stereocenters. The van der Waals surface area contributed by atoms with Crippen molar-refractivity contribution >= 4 is 34.7 Å². The van der Waals surface area contributed by atoms with Crippen LogP contribution in [0.2, 0.25) is 0 Å². The van der Waals surface area contributed by atoms with Crippen LogP contribution >= 0.6 is 11.8 Å². The molecule has 0 bridgehead atoms. The van der Waals surface area contributed by atoms with Crippen molar-refractivity contribution in [2.45, 2.75) is 59.1 Å². The molecule has 0 aromatic heterocycles. The highest BCUT2D eigenvalue weighted by Gasteiger charge is 2.59. The molecule has 2 fully saturated rings. The van der Waals surface area contributed by atoms with Crippen molar-refractivity contribution in [2.75, 3.05) is 12.3 Å². The molecule has 0 aromatic carbocycles. The van der Waals surface area contributed by atoms with Crippen LogP contribution in [0.3, 0.4) is 0 Å². The van der Waals surface area contributed by atoms with Gasteiger partial charge in [0.05, 0.1) is 0 Å². The van der Waals surface area contributed by atoms with Crippen molar-refractivity contribution in [1.29, 1.82) is 0 Å². The van der Waals surface area contributed by atoms with Gasteiger partial charge in [-0.05, 0) is 40.5 Å². The van der Waals surface area contributed by atoms with Crippen molar-refractivity contribution in [3.8, 4) is 0 Å². The van der Waals surface area contributed by atoms with Gasteiger partial charge in [0.2, 0.25) is 0 Å². The van der Waals surface area contributed by atoms with Crippen LogP contribution in [0.5, 0.6) is 0 Å². The van der Waals surface area contributed by atoms with Gasteiger partial charge >= 0.3 is 5.97 Å². The van der Waals surface area contributed by atoms with Crippen LogP contribution in [0.1, 0.15) is 47.5 Å². The minimum atomic E-state index is -1.32. The largest absolute Gasteiger partial charge is 0.458 e. The highest BCUT2D eigenvalue weighted by molar-refractivity contribution is 8.13. The minimum Gasteiger partial charge on any atom is -0.458 e. The van der Waals surface area contributed by atoms with Gasteiger partial charge < -0.3 is 4.74 Å². The Bertz CT molecular complexity index is 586. The van der Waals surface area contributed by atoms with Crippen molar-refractivity contribution in [3.63, 3.8) is 0 Å². The molecule has 2 aliphatic rings. The fraction of sp³-hybridized carbons (Fsp3) is 0.750. The van der Waals surface area contributed by atoms with E-state index in [1.165, 1.54) is 23.9 Å². The molecule has 0 aromatic rings. The average Bonchev–Trinajstić information content (AvgIpc) is 2.66. The first-order valence-electron chi connectivity index (χ1n) is 7.99. The zero-order valence-corrected chi connectivity index (χ0v) is 15.6. The van der Waals surface area contributed by atoms with E-state index in [0.29, 0.717) is 19.4 Å². The number of esters is 1. The van der Waals surface area contributed by atoms with Crippen molar-refractivity contribution < 1.29 is 23.9 Å². The van der Waals surface area contributed by atoms with Gasteiger partial charge in [-0.15, -0.1) is 0 Å². The molecule has 2 aliphatic heterocycles. The monoisotopic (exact) mass is 356 g/mol. The van der Waals surface area contributed by atoms with E-state index in [0.717, 1.165) is 11.8 Å². The summed E-state index contributed by atoms with van der Waals surface area (Å²) in [7, 11) is 0. The Balaban J connectivity index is 2.26. The maximum absolute atomic E-state index is 12.9. The van der Waals surface area contributed by atoms with Crippen molar-refractivity contribution in [3.05, 3.63) is 0 Å². The van der Waals surface area contributed by atoms with E-state index in [1.807, 2.05) is 0 Å². The van der Waals surface area contributed by atoms with E-state index in [1.54, 1.807) is 20.8 Å². The summed E-state index contributed by atoms with van der Waals surface area (Å²) in [6.45, 7) is 8.61. The second kappa shape index (κ2) is 6.38. The first-order valence-corrected chi connectivity index (χ1v) is 8.98. The lowest BCUT2D eigenvalue weighted by Gasteiger charge is -2.38. The summed E-state index contributed by atoms with van der Waals surface area (Å²) in [6, 6.07) is -0.793. The molecule has 0 N–H and O–H groups in total. The van der Waals surface area contributed by atoms with E-state index in [9.17, 15) is 19.2 Å². The molecule has 0 aliphatic carbocycles. The van der Waals surface area contributed by atoms with E-state index in [-0.39, 0.29) is 16.8 Å². The van der Waals surface area contributed by atoms with E-state index in [2.05, 4.69) is 0 Å². The van der Waals surface area contributed by atoms with Crippen molar-refractivity contribution in [2.24, 2.45) is 5.41 Å². The Morgan fingerprint density at radius 3 is 2.46 bits per heavy atom. The third-order valence-electron chi connectivity index (χ3n) is 4.03. The molecular formula is C16H24N2O5S. The number of nitrogens with zero attached hydrogens (tertiary/aromatic N) is 2. The maximum Gasteiger partial charge on any atom is 0.331 e. The number of carbonyl (C=O) groups excluding carboxylic acids is 4. The number of rotatable bonds is 3. The lowest BCUT2D eigenvalue weighted by atomic mass is 9.92. The third-order valence-corrected chi connectivity index (χ3v) is 5.16. The van der Waals surface area contributed by atoms with Gasteiger partial charge in [-0.3, -0.25) is 14.4 Å². The van der Waals surface area contributed by atoms with Crippen molar-refractivity contribution in [1.82, 2.24) is 10.0 Å². The quantitative estimate of drug-likeness (QED) is 0.561. The number of hydrogen-bond acceptors (Lipinski definition) is 6. The average molecular weight is 356 g/mol. The molecule has 7 nitrogen and oxygen atoms in total. The summed E-state index contributed by atoms with van der Waals surface area (Å²) in [6.07, 6.45) is 1.08. The standard InChI is InChI=1S/C16H24N2O5S/c1-10(19)24-9-16(5)13(21)17-8-6-7-11(18(17)14(16)22)12(20)23-15(2,3)4/h11H,6-9H2,1-5H3. The molecule has 2 heterocycles. The molecule has 2 saturated heterocycles. The Morgan fingerprint density at radius 1 is 1.29 bits per heavy atom. The molecule has 0 radical (unpaired) electrons. The Labute approximate surface area is 146 Å². The predicted octanol–water partition coefficient (Wildman–Crippen LogP) is 1.36. The number of fused-ring (bicyclic) bond motifs is 1. The second-order valence-corrected chi connectivity index (χ2v) is 8.53. The van der Waals surface area contributed by atoms with E-state index in [4.69, 9.17) is 4.74 Å². The van der Waals surface area contributed by atoms with Crippen LogP contribution in [0.25, 0.3) is 0 Å². The summed E-state index contributed by atoms with van der Waals surface area (Å²) >= 11 is 0.950. The fourth-order valence-electron chi connectivity index (χ4n) is 2.87. The van der Waals surface area contributed by atoms with Gasteiger partial charge in [-0.2, -0.15) is 0 Å². The zero-order valence-electron chi connectivity index (χ0n) is 14.7. The smallest absolute Gasteiger partial charge is 0.331 e. The van der Waals surface area contributed by atoms with E-state index < -0.39 is 28.9 Å². The SMILES string of the molecule is CC(=O)SCC1(C)C(=O)N2CCCC(C(=O)OC(C)(C)C)N2C1=O. The fourth-order valence-corrected chi connectivity index (χ4v) is 3.61. The normalized spacial score (nSPS) is 27.3. The molecule has 2 unspecified atom stereocenters. The van der Waals surface area contributed by atoms with Crippen LogP contribution in [-0.4, -0.2) is 56.9 Å². The molecule has 0 saturated carbocycles. The molecule has 8 heteroatoms. The first-order chi connectivity index (χ1) is 11.0. The second-order valence-electron chi connectivity index (χ2n) is 7.38. The highest BCUT2D eigenvalue weighted by Crippen LogP contribution is 2.39. The summed E-state index contributed by atoms with van der Waals surface area (Å²) in [5.41, 5.74) is -1.99. The number of carbonyl (C=O) groups is 4. The Kier molecular flexibility index (Phi) is 4.99. The molecule has 2 rings (SSSR count). The lowest BCUT2D eigenvalue weighted by Crippen LogP contribution is -2.55. The lowest BCUT2D eigenvalue weighted by molar-refractivity contribution is -0.179. The van der Waals surface area contributed by atoms with Gasteiger partial charge in [-0.25, -0.2) is 14.8 Å². The molecule has 134 valence electrons. The number of amides is 2. The highest BCUT2D eigenvalue weighted by atomic mass is 32.2. The summed E-state index contributed by atoms with van der Waals surface area (Å²) in [5.74, 6) is -1.21. The van der Waals surface area contributed by atoms with Gasteiger partial charge in [0.25, 0.3) is 11.8 Å². The number of thioether (sulfide) groups is 1. The topological polar surface area (TPSA) is 84.0 Å². The van der Waals surface area contributed by atoms with Gasteiger partial charge in [0, 0.05) is 19.2 Å². The molecule has 2 amide bonds. The zero-order chi connectivity index (χ0) is 18.3. The Morgan fingerprint density at radius 2 is 1.92 bits per heavy atom. The van der Waals surface area contributed by atoms with Crippen LogP contribution < -0.4 is 0 Å². The number of hydrogen-bond donors (Lipinski definition) is 0. The van der Waals surface area contributed by atoms with Crippen LogP contribution in [0.15, 0.2) is 0 Å². The first kappa shape index (κ1) is 18.8. The third kappa shape index (κ3) is 3.43. The number of hydrazine groups is 1. The number of ether oxygens (including phenoxy) is 1. The minimum absolute atomic E-state index is 0.0774. The van der Waals surface area contributed by atoms with E-state index >= 15 is 0 Å². The predicted molar refractivity (Wildman–Crippen MR) is 88.7 cm³/mol. The van der Waals surface area contributed by atoms with Gasteiger partial charge in [0.1, 0.15) is 11.0 Å². The van der Waals surface area contributed by atoms with Gasteiger partial charge in [0.15, 0.2) is 11.2 Å². The summed E-state index contributed by atoms with van der Waals surface area (Å²) in [4.78, 5) is 49.3. The van der Waals surface area contributed by atoms with Crippen LogP contribution in [0, 0.1) is 5.41 Å². The van der Waals surface area contributed by atoms with Crippen LogP contribution in [-0.2, 0) is 23.9 Å². The maximum atomic E-state index is 12.9.